The Morgan fingerprint density at radius 2 is 2.07 bits per heavy atom. The van der Waals surface area contributed by atoms with E-state index in [9.17, 15) is 9.90 Å². The average molecular weight is 209 g/mol. The molecule has 0 unspecified atom stereocenters. The van der Waals surface area contributed by atoms with Gasteiger partial charge in [0.1, 0.15) is 0 Å². The van der Waals surface area contributed by atoms with Gasteiger partial charge in [-0.3, -0.25) is 4.79 Å². The summed E-state index contributed by atoms with van der Waals surface area (Å²) >= 11 is 0. The Morgan fingerprint density at radius 1 is 1.40 bits per heavy atom. The number of aliphatic hydroxyl groups excluding tert-OH is 1. The molecule has 0 radical (unpaired) electrons. The zero-order valence-corrected chi connectivity index (χ0v) is 8.43. The third kappa shape index (κ3) is 5.15. The SMILES string of the molecule is NC(=O)C[C@@H](O)COCc1ccccc1. The number of amides is 1. The third-order valence-electron chi connectivity index (χ3n) is 1.86. The first-order valence-corrected chi connectivity index (χ1v) is 4.76. The van der Waals surface area contributed by atoms with Crippen molar-refractivity contribution in [3.8, 4) is 0 Å². The summed E-state index contributed by atoms with van der Waals surface area (Å²) < 4.78 is 5.22. The second-order valence-electron chi connectivity index (χ2n) is 3.32. The largest absolute Gasteiger partial charge is 0.390 e. The maximum Gasteiger partial charge on any atom is 0.220 e. The molecule has 4 heteroatoms. The standard InChI is InChI=1S/C11H15NO3/c12-11(14)6-10(13)8-15-7-9-4-2-1-3-5-9/h1-5,10,13H,6-8H2,(H2,12,14)/t10-/m1/s1. The minimum Gasteiger partial charge on any atom is -0.390 e. The molecule has 0 aliphatic rings. The Bertz CT molecular complexity index is 300. The highest BCUT2D eigenvalue weighted by Gasteiger charge is 2.07. The van der Waals surface area contributed by atoms with E-state index < -0.39 is 12.0 Å². The monoisotopic (exact) mass is 209 g/mol. The summed E-state index contributed by atoms with van der Waals surface area (Å²) in [6.07, 6.45) is -0.874. The number of benzene rings is 1. The lowest BCUT2D eigenvalue weighted by Crippen LogP contribution is -2.23. The number of nitrogens with two attached hydrogens (primary N) is 1. The van der Waals surface area contributed by atoms with Gasteiger partial charge in [-0.15, -0.1) is 0 Å². The zero-order valence-electron chi connectivity index (χ0n) is 8.43. The number of hydrogen-bond acceptors (Lipinski definition) is 3. The molecule has 0 saturated carbocycles. The topological polar surface area (TPSA) is 72.6 Å². The van der Waals surface area contributed by atoms with Crippen molar-refractivity contribution in [2.24, 2.45) is 5.73 Å². The van der Waals surface area contributed by atoms with Gasteiger partial charge in [-0.05, 0) is 5.56 Å². The Balaban J connectivity index is 2.19. The summed E-state index contributed by atoms with van der Waals surface area (Å²) in [4.78, 5) is 10.4. The number of carbonyl (C=O) groups excluding carboxylic acids is 1. The van der Waals surface area contributed by atoms with Crippen LogP contribution in [0.1, 0.15) is 12.0 Å². The number of carbonyl (C=O) groups is 1. The Hall–Kier alpha value is -1.39. The number of rotatable bonds is 6. The molecular weight excluding hydrogens is 194 g/mol. The van der Waals surface area contributed by atoms with E-state index in [1.165, 1.54) is 0 Å². The minimum atomic E-state index is -0.814. The maximum absolute atomic E-state index is 10.4. The van der Waals surface area contributed by atoms with Crippen LogP contribution in [0.4, 0.5) is 0 Å². The van der Waals surface area contributed by atoms with E-state index in [0.29, 0.717) is 6.61 Å². The molecule has 4 nitrogen and oxygen atoms in total. The molecule has 0 spiro atoms. The van der Waals surface area contributed by atoms with E-state index in [2.05, 4.69) is 0 Å². The first-order valence-electron chi connectivity index (χ1n) is 4.76. The van der Waals surface area contributed by atoms with Crippen LogP contribution in [0, 0.1) is 0 Å². The second-order valence-corrected chi connectivity index (χ2v) is 3.32. The maximum atomic E-state index is 10.4. The van der Waals surface area contributed by atoms with Crippen LogP contribution in [0.3, 0.4) is 0 Å². The minimum absolute atomic E-state index is 0.0607. The molecule has 0 bridgehead atoms. The van der Waals surface area contributed by atoms with Gasteiger partial charge in [0.15, 0.2) is 0 Å². The number of aliphatic hydroxyl groups is 1. The van der Waals surface area contributed by atoms with Crippen LogP contribution in [0.5, 0.6) is 0 Å². The molecule has 1 rings (SSSR count). The molecule has 0 aliphatic heterocycles. The fourth-order valence-corrected chi connectivity index (χ4v) is 1.18. The van der Waals surface area contributed by atoms with Crippen molar-refractivity contribution in [3.63, 3.8) is 0 Å². The van der Waals surface area contributed by atoms with E-state index in [4.69, 9.17) is 10.5 Å². The highest BCUT2D eigenvalue weighted by molar-refractivity contribution is 5.74. The molecular formula is C11H15NO3. The molecule has 0 saturated heterocycles. The Morgan fingerprint density at radius 3 is 2.67 bits per heavy atom. The fourth-order valence-electron chi connectivity index (χ4n) is 1.18. The van der Waals surface area contributed by atoms with Crippen molar-refractivity contribution in [2.45, 2.75) is 19.1 Å². The summed E-state index contributed by atoms with van der Waals surface area (Å²) in [5.74, 6) is -0.522. The highest BCUT2D eigenvalue weighted by atomic mass is 16.5. The van der Waals surface area contributed by atoms with Crippen molar-refractivity contribution < 1.29 is 14.6 Å². The summed E-state index contributed by atoms with van der Waals surface area (Å²) in [5.41, 5.74) is 5.95. The molecule has 0 aliphatic carbocycles. The van der Waals surface area contributed by atoms with Gasteiger partial charge < -0.3 is 15.6 Å². The molecule has 0 heterocycles. The van der Waals surface area contributed by atoms with Crippen LogP contribution in [0.25, 0.3) is 0 Å². The molecule has 82 valence electrons. The van der Waals surface area contributed by atoms with Crippen LogP contribution in [-0.2, 0) is 16.1 Å². The molecule has 0 aromatic heterocycles. The van der Waals surface area contributed by atoms with Crippen molar-refractivity contribution in [1.29, 1.82) is 0 Å². The number of primary amides is 1. The lowest BCUT2D eigenvalue weighted by atomic mass is 10.2. The predicted molar refractivity (Wildman–Crippen MR) is 55.9 cm³/mol. The summed E-state index contributed by atoms with van der Waals surface area (Å²) in [7, 11) is 0. The number of ether oxygens (including phenoxy) is 1. The number of hydrogen-bond donors (Lipinski definition) is 2. The average Bonchev–Trinajstić information content (AvgIpc) is 2.18. The van der Waals surface area contributed by atoms with Gasteiger partial charge >= 0.3 is 0 Å². The van der Waals surface area contributed by atoms with Crippen LogP contribution in [-0.4, -0.2) is 23.7 Å². The van der Waals surface area contributed by atoms with E-state index in [-0.39, 0.29) is 13.0 Å². The third-order valence-corrected chi connectivity index (χ3v) is 1.86. The fraction of sp³-hybridized carbons (Fsp3) is 0.364. The van der Waals surface area contributed by atoms with E-state index in [0.717, 1.165) is 5.56 Å². The van der Waals surface area contributed by atoms with Gasteiger partial charge in [0, 0.05) is 0 Å². The molecule has 15 heavy (non-hydrogen) atoms. The van der Waals surface area contributed by atoms with Gasteiger partial charge in [-0.1, -0.05) is 30.3 Å². The quantitative estimate of drug-likeness (QED) is 0.714. The van der Waals surface area contributed by atoms with Crippen LogP contribution < -0.4 is 5.73 Å². The lowest BCUT2D eigenvalue weighted by Gasteiger charge is -2.09. The highest BCUT2D eigenvalue weighted by Crippen LogP contribution is 2.01. The van der Waals surface area contributed by atoms with Crippen LogP contribution >= 0.6 is 0 Å². The van der Waals surface area contributed by atoms with E-state index >= 15 is 0 Å². The molecule has 1 atom stereocenters. The Labute approximate surface area is 88.7 Å². The van der Waals surface area contributed by atoms with Crippen molar-refractivity contribution in [3.05, 3.63) is 35.9 Å². The summed E-state index contributed by atoms with van der Waals surface area (Å²) in [6.45, 7) is 0.550. The summed E-state index contributed by atoms with van der Waals surface area (Å²) in [5, 5.41) is 9.27. The van der Waals surface area contributed by atoms with Crippen molar-refractivity contribution >= 4 is 5.91 Å². The second kappa shape index (κ2) is 6.16. The molecule has 3 N–H and O–H groups in total. The smallest absolute Gasteiger partial charge is 0.220 e. The molecule has 0 fully saturated rings. The first-order chi connectivity index (χ1) is 7.18. The van der Waals surface area contributed by atoms with Gasteiger partial charge in [0.25, 0.3) is 0 Å². The molecule has 1 amide bonds. The first kappa shape index (κ1) is 11.7. The normalized spacial score (nSPS) is 12.3. The van der Waals surface area contributed by atoms with Crippen LogP contribution in [0.15, 0.2) is 30.3 Å². The van der Waals surface area contributed by atoms with E-state index in [1.54, 1.807) is 0 Å². The predicted octanol–water partition coefficient (Wildman–Crippen LogP) is 0.439. The molecule has 1 aromatic rings. The van der Waals surface area contributed by atoms with E-state index in [1.807, 2.05) is 30.3 Å². The summed E-state index contributed by atoms with van der Waals surface area (Å²) in [6, 6.07) is 9.61. The molecule has 1 aromatic carbocycles. The van der Waals surface area contributed by atoms with Crippen molar-refractivity contribution in [2.75, 3.05) is 6.61 Å². The van der Waals surface area contributed by atoms with Crippen LogP contribution in [0.2, 0.25) is 0 Å². The Kier molecular flexibility index (Phi) is 4.80. The zero-order chi connectivity index (χ0) is 11.1. The lowest BCUT2D eigenvalue weighted by molar-refractivity contribution is -0.120. The van der Waals surface area contributed by atoms with Gasteiger partial charge in [-0.25, -0.2) is 0 Å². The van der Waals surface area contributed by atoms with Gasteiger partial charge in [-0.2, -0.15) is 0 Å². The van der Waals surface area contributed by atoms with Crippen molar-refractivity contribution in [1.82, 2.24) is 0 Å². The van der Waals surface area contributed by atoms with Gasteiger partial charge in [0.2, 0.25) is 5.91 Å². The van der Waals surface area contributed by atoms with Gasteiger partial charge in [0.05, 0.1) is 25.7 Å².